The summed E-state index contributed by atoms with van der Waals surface area (Å²) in [5.41, 5.74) is 1.99. The van der Waals surface area contributed by atoms with Crippen molar-refractivity contribution in [2.45, 2.75) is 19.9 Å². The fourth-order valence-electron chi connectivity index (χ4n) is 3.93. The van der Waals surface area contributed by atoms with E-state index in [9.17, 15) is 14.7 Å². The fourth-order valence-corrected chi connectivity index (χ4v) is 4.84. The molecule has 1 aliphatic rings. The Hall–Kier alpha value is -3.56. The van der Waals surface area contributed by atoms with Crippen LogP contribution in [0.3, 0.4) is 0 Å². The number of fused-ring (bicyclic) bond motifs is 1. The van der Waals surface area contributed by atoms with E-state index in [0.29, 0.717) is 32.6 Å². The number of Topliss-reactive ketones (excluding diaryl/α,β-unsaturated/α-hetero) is 1. The molecule has 1 saturated heterocycles. The number of benzene rings is 1. The van der Waals surface area contributed by atoms with Crippen molar-refractivity contribution >= 4 is 51.2 Å². The van der Waals surface area contributed by atoms with Gasteiger partial charge in [-0.15, -0.1) is 10.2 Å². The van der Waals surface area contributed by atoms with E-state index in [1.807, 2.05) is 6.07 Å². The van der Waals surface area contributed by atoms with Crippen molar-refractivity contribution in [2.24, 2.45) is 0 Å². The van der Waals surface area contributed by atoms with Crippen LogP contribution in [0, 0.1) is 13.8 Å². The van der Waals surface area contributed by atoms with Crippen LogP contribution in [0.4, 0.5) is 5.13 Å². The number of aromatic nitrogens is 4. The molecule has 1 aromatic carbocycles. The molecule has 1 atom stereocenters. The van der Waals surface area contributed by atoms with E-state index in [0.717, 1.165) is 0 Å². The predicted molar refractivity (Wildman–Crippen MR) is 121 cm³/mol. The maximum atomic E-state index is 13.2. The molecule has 0 spiro atoms. The van der Waals surface area contributed by atoms with Gasteiger partial charge in [-0.25, -0.2) is 4.98 Å². The minimum Gasteiger partial charge on any atom is -0.505 e. The first-order valence-corrected chi connectivity index (χ1v) is 10.9. The molecule has 10 heteroatoms. The second-order valence-electron chi connectivity index (χ2n) is 7.30. The summed E-state index contributed by atoms with van der Waals surface area (Å²) in [5.74, 6) is -1.92. The van der Waals surface area contributed by atoms with Crippen molar-refractivity contribution in [1.29, 1.82) is 0 Å². The SMILES string of the molecule is Cc1nnc(N2C(=O)C(=O)/C(=C(/O)c3c(C)nc4ccccn34)C2c2cccc(Cl)c2)s1. The minimum absolute atomic E-state index is 0.0566. The van der Waals surface area contributed by atoms with Crippen LogP contribution in [-0.4, -0.2) is 36.4 Å². The molecule has 4 heterocycles. The zero-order valence-electron chi connectivity index (χ0n) is 17.0. The third kappa shape index (κ3) is 3.09. The molecule has 5 rings (SSSR count). The zero-order valence-corrected chi connectivity index (χ0v) is 18.6. The molecule has 32 heavy (non-hydrogen) atoms. The molecule has 1 aliphatic heterocycles. The molecule has 1 fully saturated rings. The lowest BCUT2D eigenvalue weighted by atomic mass is 9.96. The van der Waals surface area contributed by atoms with Crippen molar-refractivity contribution < 1.29 is 14.7 Å². The Kier molecular flexibility index (Phi) is 4.79. The standard InChI is InChI=1S/C22H16ClN5O3S/c1-11-17(27-9-4-3-8-15(27)24-11)19(29)16-18(13-6-5-7-14(23)10-13)28(21(31)20(16)30)22-26-25-12(2)32-22/h3-10,18,29H,1-2H3/b19-16+. The van der Waals surface area contributed by atoms with E-state index in [-0.39, 0.29) is 16.5 Å². The van der Waals surface area contributed by atoms with Gasteiger partial charge in [-0.2, -0.15) is 0 Å². The van der Waals surface area contributed by atoms with Crippen LogP contribution < -0.4 is 4.90 Å². The number of rotatable bonds is 3. The second-order valence-corrected chi connectivity index (χ2v) is 8.90. The highest BCUT2D eigenvalue weighted by molar-refractivity contribution is 7.15. The summed E-state index contributed by atoms with van der Waals surface area (Å²) < 4.78 is 1.68. The van der Waals surface area contributed by atoms with E-state index in [4.69, 9.17) is 11.6 Å². The van der Waals surface area contributed by atoms with Crippen molar-refractivity contribution in [3.8, 4) is 0 Å². The Balaban J connectivity index is 1.80. The number of carbonyl (C=O) groups is 2. The van der Waals surface area contributed by atoms with Crippen LogP contribution in [-0.2, 0) is 9.59 Å². The number of imidazole rings is 1. The number of aryl methyl sites for hydroxylation is 2. The predicted octanol–water partition coefficient (Wildman–Crippen LogP) is 4.08. The zero-order chi connectivity index (χ0) is 22.6. The maximum Gasteiger partial charge on any atom is 0.301 e. The number of hydrogen-bond donors (Lipinski definition) is 1. The molecule has 1 unspecified atom stereocenters. The van der Waals surface area contributed by atoms with Crippen molar-refractivity contribution in [2.75, 3.05) is 4.90 Å². The van der Waals surface area contributed by atoms with Gasteiger partial charge in [0.15, 0.2) is 5.76 Å². The van der Waals surface area contributed by atoms with Gasteiger partial charge in [0.1, 0.15) is 16.3 Å². The topological polar surface area (TPSA) is 101 Å². The summed E-state index contributed by atoms with van der Waals surface area (Å²) in [7, 11) is 0. The van der Waals surface area contributed by atoms with Gasteiger partial charge in [-0.3, -0.25) is 18.9 Å². The summed E-state index contributed by atoms with van der Waals surface area (Å²) in [5, 5.41) is 20.8. The van der Waals surface area contributed by atoms with Gasteiger partial charge >= 0.3 is 5.91 Å². The molecule has 0 aliphatic carbocycles. The lowest BCUT2D eigenvalue weighted by Gasteiger charge is -2.22. The third-order valence-electron chi connectivity index (χ3n) is 5.26. The molecular weight excluding hydrogens is 450 g/mol. The van der Waals surface area contributed by atoms with E-state index < -0.39 is 17.7 Å². The van der Waals surface area contributed by atoms with Gasteiger partial charge in [-0.05, 0) is 43.7 Å². The van der Waals surface area contributed by atoms with E-state index >= 15 is 0 Å². The molecule has 1 N–H and O–H groups in total. The first kappa shape index (κ1) is 20.3. The Morgan fingerprint density at radius 3 is 2.66 bits per heavy atom. The first-order chi connectivity index (χ1) is 15.4. The van der Waals surface area contributed by atoms with Gasteiger partial charge in [0.05, 0.1) is 17.3 Å². The monoisotopic (exact) mass is 465 g/mol. The summed E-state index contributed by atoms with van der Waals surface area (Å²) in [6.45, 7) is 3.49. The summed E-state index contributed by atoms with van der Waals surface area (Å²) in [4.78, 5) is 32.1. The smallest absolute Gasteiger partial charge is 0.301 e. The number of ketones is 1. The molecule has 160 valence electrons. The number of aliphatic hydroxyl groups is 1. The number of hydrogen-bond acceptors (Lipinski definition) is 7. The van der Waals surface area contributed by atoms with Crippen LogP contribution in [0.1, 0.15) is 28.0 Å². The van der Waals surface area contributed by atoms with Crippen LogP contribution in [0.25, 0.3) is 11.4 Å². The molecule has 0 bridgehead atoms. The van der Waals surface area contributed by atoms with Gasteiger partial charge in [0, 0.05) is 11.2 Å². The van der Waals surface area contributed by atoms with Crippen LogP contribution in [0.5, 0.6) is 0 Å². The van der Waals surface area contributed by atoms with Gasteiger partial charge in [0.2, 0.25) is 5.13 Å². The van der Waals surface area contributed by atoms with E-state index in [1.54, 1.807) is 60.8 Å². The second kappa shape index (κ2) is 7.54. The molecule has 4 aromatic rings. The summed E-state index contributed by atoms with van der Waals surface area (Å²) in [6, 6.07) is 11.3. The fraction of sp³-hybridized carbons (Fsp3) is 0.136. The van der Waals surface area contributed by atoms with Crippen LogP contribution in [0.2, 0.25) is 5.02 Å². The summed E-state index contributed by atoms with van der Waals surface area (Å²) in [6.07, 6.45) is 1.74. The number of carbonyl (C=O) groups excluding carboxylic acids is 2. The number of aliphatic hydroxyl groups excluding tert-OH is 1. The number of nitrogens with zero attached hydrogens (tertiary/aromatic N) is 5. The first-order valence-electron chi connectivity index (χ1n) is 9.67. The van der Waals surface area contributed by atoms with Crippen LogP contribution in [0.15, 0.2) is 54.2 Å². The van der Waals surface area contributed by atoms with Crippen LogP contribution >= 0.6 is 22.9 Å². The Morgan fingerprint density at radius 2 is 1.94 bits per heavy atom. The Morgan fingerprint density at radius 1 is 1.12 bits per heavy atom. The van der Waals surface area contributed by atoms with Gasteiger partial charge in [0.25, 0.3) is 5.78 Å². The summed E-state index contributed by atoms with van der Waals surface area (Å²) >= 11 is 7.40. The van der Waals surface area contributed by atoms with E-state index in [2.05, 4.69) is 15.2 Å². The Labute approximate surface area is 191 Å². The Bertz CT molecular complexity index is 1440. The largest absolute Gasteiger partial charge is 0.505 e. The molecule has 1 amide bonds. The number of anilines is 1. The van der Waals surface area contributed by atoms with Gasteiger partial charge in [-0.1, -0.05) is 41.1 Å². The lowest BCUT2D eigenvalue weighted by molar-refractivity contribution is -0.132. The average molecular weight is 466 g/mol. The number of halogens is 1. The minimum atomic E-state index is -0.922. The van der Waals surface area contributed by atoms with Crippen molar-refractivity contribution in [3.63, 3.8) is 0 Å². The maximum absolute atomic E-state index is 13.2. The normalized spacial score (nSPS) is 18.1. The van der Waals surface area contributed by atoms with E-state index in [1.165, 1.54) is 16.2 Å². The van der Waals surface area contributed by atoms with Crippen molar-refractivity contribution in [1.82, 2.24) is 19.6 Å². The van der Waals surface area contributed by atoms with Crippen molar-refractivity contribution in [3.05, 3.63) is 81.2 Å². The average Bonchev–Trinajstić information content (AvgIpc) is 3.41. The molecule has 3 aromatic heterocycles. The highest BCUT2D eigenvalue weighted by Gasteiger charge is 2.48. The number of amides is 1. The molecular formula is C22H16ClN5O3S. The highest BCUT2D eigenvalue weighted by atomic mass is 35.5. The third-order valence-corrected chi connectivity index (χ3v) is 6.33. The highest BCUT2D eigenvalue weighted by Crippen LogP contribution is 2.43. The molecule has 8 nitrogen and oxygen atoms in total. The number of pyridine rings is 1. The molecule has 0 radical (unpaired) electrons. The quantitative estimate of drug-likeness (QED) is 0.278. The lowest BCUT2D eigenvalue weighted by Crippen LogP contribution is -2.29. The molecule has 0 saturated carbocycles. The van der Waals surface area contributed by atoms with Gasteiger partial charge < -0.3 is 5.11 Å².